The third-order valence-electron chi connectivity index (χ3n) is 2.68. The van der Waals surface area contributed by atoms with Gasteiger partial charge in [-0.05, 0) is 25.5 Å². The summed E-state index contributed by atoms with van der Waals surface area (Å²) < 4.78 is 0. The van der Waals surface area contributed by atoms with Gasteiger partial charge in [-0.1, -0.05) is 0 Å². The minimum Gasteiger partial charge on any atom is -0.388 e. The highest BCUT2D eigenvalue weighted by Crippen LogP contribution is 2.24. The zero-order valence-electron chi connectivity index (χ0n) is 9.05. The molecular formula is C10H14N4O2. The molecule has 3 N–H and O–H groups in total. The summed E-state index contributed by atoms with van der Waals surface area (Å²) in [6.07, 6.45) is 0.701. The second-order valence-corrected chi connectivity index (χ2v) is 4.31. The number of rotatable bonds is 2. The summed E-state index contributed by atoms with van der Waals surface area (Å²) in [7, 11) is 0. The van der Waals surface area contributed by atoms with E-state index in [9.17, 15) is 9.90 Å². The van der Waals surface area contributed by atoms with Gasteiger partial charge < -0.3 is 15.7 Å². The van der Waals surface area contributed by atoms with Crippen molar-refractivity contribution in [2.45, 2.75) is 18.9 Å². The quantitative estimate of drug-likeness (QED) is 0.706. The standard InChI is InChI=1S/C10H14N4O2/c1-10(16)4-5-14(6-10)8-3-2-7(9(11)15)12-13-8/h2-3,16H,4-6H2,1H3,(H2,11,15). The van der Waals surface area contributed by atoms with Gasteiger partial charge in [0.25, 0.3) is 5.91 Å². The third kappa shape index (κ3) is 2.11. The molecule has 0 aromatic carbocycles. The van der Waals surface area contributed by atoms with Crippen LogP contribution in [0.1, 0.15) is 23.8 Å². The zero-order chi connectivity index (χ0) is 11.8. The van der Waals surface area contributed by atoms with E-state index in [4.69, 9.17) is 5.73 Å². The molecular weight excluding hydrogens is 208 g/mol. The van der Waals surface area contributed by atoms with Crippen molar-refractivity contribution in [3.8, 4) is 0 Å². The number of hydrogen-bond acceptors (Lipinski definition) is 5. The smallest absolute Gasteiger partial charge is 0.269 e. The van der Waals surface area contributed by atoms with E-state index in [0.717, 1.165) is 6.54 Å². The van der Waals surface area contributed by atoms with Gasteiger partial charge in [-0.15, -0.1) is 10.2 Å². The largest absolute Gasteiger partial charge is 0.388 e. The molecule has 1 aromatic heterocycles. The fourth-order valence-corrected chi connectivity index (χ4v) is 1.77. The first-order valence-corrected chi connectivity index (χ1v) is 5.09. The topological polar surface area (TPSA) is 92.3 Å². The Labute approximate surface area is 93.1 Å². The molecule has 1 atom stereocenters. The van der Waals surface area contributed by atoms with E-state index in [1.807, 2.05) is 4.90 Å². The number of nitrogens with zero attached hydrogens (tertiary/aromatic N) is 3. The minimum absolute atomic E-state index is 0.148. The van der Waals surface area contributed by atoms with Crippen molar-refractivity contribution in [3.63, 3.8) is 0 Å². The van der Waals surface area contributed by atoms with Crippen molar-refractivity contribution in [1.29, 1.82) is 0 Å². The highest BCUT2D eigenvalue weighted by Gasteiger charge is 2.32. The number of nitrogens with two attached hydrogens (primary N) is 1. The van der Waals surface area contributed by atoms with Gasteiger partial charge in [0.2, 0.25) is 0 Å². The molecule has 6 heteroatoms. The number of carbonyl (C=O) groups excluding carboxylic acids is 1. The van der Waals surface area contributed by atoms with Crippen LogP contribution in [0.4, 0.5) is 5.82 Å². The summed E-state index contributed by atoms with van der Waals surface area (Å²) >= 11 is 0. The maximum atomic E-state index is 10.8. The number of aliphatic hydroxyl groups is 1. The van der Waals surface area contributed by atoms with E-state index in [-0.39, 0.29) is 5.69 Å². The highest BCUT2D eigenvalue weighted by molar-refractivity contribution is 5.90. The average molecular weight is 222 g/mol. The lowest BCUT2D eigenvalue weighted by Crippen LogP contribution is -2.30. The van der Waals surface area contributed by atoms with Gasteiger partial charge in [-0.25, -0.2) is 0 Å². The Hall–Kier alpha value is -1.69. The normalized spacial score (nSPS) is 24.8. The molecule has 16 heavy (non-hydrogen) atoms. The molecule has 0 bridgehead atoms. The maximum absolute atomic E-state index is 10.8. The molecule has 1 aliphatic heterocycles. The Balaban J connectivity index is 2.14. The van der Waals surface area contributed by atoms with E-state index in [2.05, 4.69) is 10.2 Å². The molecule has 1 fully saturated rings. The van der Waals surface area contributed by atoms with Gasteiger partial charge in [0.1, 0.15) is 0 Å². The molecule has 1 unspecified atom stereocenters. The van der Waals surface area contributed by atoms with Crippen LogP contribution in [0.3, 0.4) is 0 Å². The van der Waals surface area contributed by atoms with Crippen molar-refractivity contribution in [3.05, 3.63) is 17.8 Å². The zero-order valence-corrected chi connectivity index (χ0v) is 9.05. The molecule has 1 amide bonds. The molecule has 86 valence electrons. The molecule has 1 aromatic rings. The minimum atomic E-state index is -0.677. The Morgan fingerprint density at radius 3 is 2.75 bits per heavy atom. The van der Waals surface area contributed by atoms with E-state index >= 15 is 0 Å². The van der Waals surface area contributed by atoms with Gasteiger partial charge in [-0.3, -0.25) is 4.79 Å². The van der Waals surface area contributed by atoms with Crippen LogP contribution in [0.5, 0.6) is 0 Å². The van der Waals surface area contributed by atoms with Crippen LogP contribution in [0.15, 0.2) is 12.1 Å². The van der Waals surface area contributed by atoms with Gasteiger partial charge in [0.15, 0.2) is 11.5 Å². The van der Waals surface area contributed by atoms with Crippen LogP contribution in [0, 0.1) is 0 Å². The number of β-amino-alcohol motifs (C(OH)–C–C–N with tert-alkyl or cyclic N) is 1. The Kier molecular flexibility index (Phi) is 2.51. The molecule has 1 saturated heterocycles. The summed E-state index contributed by atoms with van der Waals surface area (Å²) in [6, 6.07) is 3.23. The van der Waals surface area contributed by atoms with Crippen LogP contribution >= 0.6 is 0 Å². The van der Waals surface area contributed by atoms with Crippen molar-refractivity contribution >= 4 is 11.7 Å². The second kappa shape index (κ2) is 3.71. The van der Waals surface area contributed by atoms with E-state index < -0.39 is 11.5 Å². The summed E-state index contributed by atoms with van der Waals surface area (Å²) in [5.41, 5.74) is 4.54. The van der Waals surface area contributed by atoms with Gasteiger partial charge in [0.05, 0.1) is 5.60 Å². The molecule has 0 saturated carbocycles. The lowest BCUT2D eigenvalue weighted by Gasteiger charge is -2.19. The lowest BCUT2D eigenvalue weighted by atomic mass is 10.1. The number of anilines is 1. The Morgan fingerprint density at radius 2 is 2.31 bits per heavy atom. The van der Waals surface area contributed by atoms with Crippen LogP contribution < -0.4 is 10.6 Å². The summed E-state index contributed by atoms with van der Waals surface area (Å²) in [4.78, 5) is 12.7. The number of primary amides is 1. The van der Waals surface area contributed by atoms with Crippen LogP contribution in [-0.2, 0) is 0 Å². The fraction of sp³-hybridized carbons (Fsp3) is 0.500. The van der Waals surface area contributed by atoms with Crippen LogP contribution in [0.2, 0.25) is 0 Å². The van der Waals surface area contributed by atoms with Gasteiger partial charge in [0, 0.05) is 13.1 Å². The Bertz CT molecular complexity index is 402. The number of amides is 1. The summed E-state index contributed by atoms with van der Waals surface area (Å²) in [6.45, 7) is 3.05. The lowest BCUT2D eigenvalue weighted by molar-refractivity contribution is 0.0838. The maximum Gasteiger partial charge on any atom is 0.269 e. The summed E-state index contributed by atoms with van der Waals surface area (Å²) in [5.74, 6) is 0.0650. The molecule has 0 spiro atoms. The molecule has 0 radical (unpaired) electrons. The van der Waals surface area contributed by atoms with E-state index in [0.29, 0.717) is 18.8 Å². The van der Waals surface area contributed by atoms with Crippen molar-refractivity contribution in [1.82, 2.24) is 10.2 Å². The first-order chi connectivity index (χ1) is 7.48. The van der Waals surface area contributed by atoms with E-state index in [1.165, 1.54) is 6.07 Å². The molecule has 2 rings (SSSR count). The second-order valence-electron chi connectivity index (χ2n) is 4.31. The van der Waals surface area contributed by atoms with E-state index in [1.54, 1.807) is 13.0 Å². The monoisotopic (exact) mass is 222 g/mol. The molecule has 6 nitrogen and oxygen atoms in total. The number of carbonyl (C=O) groups is 1. The first-order valence-electron chi connectivity index (χ1n) is 5.09. The first kappa shape index (κ1) is 10.8. The molecule has 1 aliphatic rings. The van der Waals surface area contributed by atoms with Crippen molar-refractivity contribution in [2.75, 3.05) is 18.0 Å². The van der Waals surface area contributed by atoms with Gasteiger partial charge in [-0.2, -0.15) is 0 Å². The van der Waals surface area contributed by atoms with Crippen molar-refractivity contribution < 1.29 is 9.90 Å². The number of aromatic nitrogens is 2. The predicted molar refractivity (Wildman–Crippen MR) is 58.0 cm³/mol. The van der Waals surface area contributed by atoms with Crippen LogP contribution in [0.25, 0.3) is 0 Å². The predicted octanol–water partition coefficient (Wildman–Crippen LogP) is -0.463. The van der Waals surface area contributed by atoms with Gasteiger partial charge >= 0.3 is 0 Å². The fourth-order valence-electron chi connectivity index (χ4n) is 1.77. The molecule has 2 heterocycles. The number of hydrogen-bond donors (Lipinski definition) is 2. The van der Waals surface area contributed by atoms with Crippen LogP contribution in [-0.4, -0.2) is 39.9 Å². The Morgan fingerprint density at radius 1 is 1.56 bits per heavy atom. The summed E-state index contributed by atoms with van der Waals surface area (Å²) in [5, 5.41) is 17.4. The average Bonchev–Trinajstić information content (AvgIpc) is 2.59. The van der Waals surface area contributed by atoms with Crippen molar-refractivity contribution in [2.24, 2.45) is 5.73 Å². The molecule has 0 aliphatic carbocycles. The highest BCUT2D eigenvalue weighted by atomic mass is 16.3. The third-order valence-corrected chi connectivity index (χ3v) is 2.68. The SMILES string of the molecule is CC1(O)CCN(c2ccc(C(N)=O)nn2)C1.